The Bertz CT molecular complexity index is 2380. The Kier molecular flexibility index (Phi) is 12.2. The zero-order chi connectivity index (χ0) is 42.1. The summed E-state index contributed by atoms with van der Waals surface area (Å²) in [6.07, 6.45) is 12.0. The molecule has 0 unspecified atom stereocenters. The molecule has 2 fully saturated rings. The summed E-state index contributed by atoms with van der Waals surface area (Å²) in [6, 6.07) is 22.6. The van der Waals surface area contributed by atoms with E-state index < -0.39 is 0 Å². The van der Waals surface area contributed by atoms with Gasteiger partial charge in [-0.05, 0) is 121 Å². The number of carbonyl (C=O) groups is 1. The number of hydrogen-bond acceptors (Lipinski definition) is 9. The van der Waals surface area contributed by atoms with Crippen LogP contribution in [0.5, 0.6) is 17.2 Å². The van der Waals surface area contributed by atoms with Crippen LogP contribution in [0.25, 0.3) is 16.6 Å². The number of nitrogens with one attached hydrogen (secondary N) is 4. The van der Waals surface area contributed by atoms with Crippen LogP contribution in [0.1, 0.15) is 81.6 Å². The molecule has 2 aliphatic carbocycles. The number of hydrogen-bond donors (Lipinski definition) is 4. The van der Waals surface area contributed by atoms with Crippen molar-refractivity contribution in [1.29, 1.82) is 0 Å². The minimum Gasteiger partial charge on any atom is -0.489 e. The predicted octanol–water partition coefficient (Wildman–Crippen LogP) is 11.3. The highest BCUT2D eigenvalue weighted by Crippen LogP contribution is 2.45. The molecule has 4 aliphatic rings. The van der Waals surface area contributed by atoms with Gasteiger partial charge in [-0.2, -0.15) is 0 Å². The molecule has 4 heterocycles. The summed E-state index contributed by atoms with van der Waals surface area (Å²) in [5, 5.41) is 8.87. The van der Waals surface area contributed by atoms with Crippen LogP contribution in [0.4, 0.5) is 17.1 Å². The molecule has 4 N–H and O–H groups in total. The number of pyridine rings is 1. The highest BCUT2D eigenvalue weighted by atomic mass is 35.5. The number of halogens is 1. The van der Waals surface area contributed by atoms with E-state index in [1.165, 1.54) is 55.2 Å². The van der Waals surface area contributed by atoms with Crippen LogP contribution in [0.15, 0.2) is 89.6 Å². The third-order valence-electron chi connectivity index (χ3n) is 13.3. The Morgan fingerprint density at radius 1 is 1.02 bits per heavy atom. The normalized spacial score (nSPS) is 21.7. The number of amides is 1. The molecule has 10 nitrogen and oxygen atoms in total. The Balaban J connectivity index is 0.900. The number of fused-ring (bicyclic) bond motifs is 2. The van der Waals surface area contributed by atoms with Gasteiger partial charge in [-0.3, -0.25) is 14.4 Å². The number of benzene rings is 3. The molecule has 320 valence electrons. The third kappa shape index (κ3) is 9.49. The number of carbonyl (C=O) groups excluding carboxylic acids is 1. The van der Waals surface area contributed by atoms with Gasteiger partial charge in [0.1, 0.15) is 35.2 Å². The predicted molar refractivity (Wildman–Crippen MR) is 251 cm³/mol. The summed E-state index contributed by atoms with van der Waals surface area (Å²) in [5.74, 6) is 3.02. The first-order chi connectivity index (χ1) is 29.6. The second kappa shape index (κ2) is 17.9. The van der Waals surface area contributed by atoms with Gasteiger partial charge in [-0.1, -0.05) is 62.9 Å². The van der Waals surface area contributed by atoms with E-state index in [0.717, 1.165) is 95.2 Å². The van der Waals surface area contributed by atoms with Crippen LogP contribution < -0.4 is 29.7 Å². The van der Waals surface area contributed by atoms with E-state index in [4.69, 9.17) is 21.1 Å². The Labute approximate surface area is 369 Å². The molecule has 2 aromatic heterocycles. The van der Waals surface area contributed by atoms with E-state index in [-0.39, 0.29) is 11.3 Å². The van der Waals surface area contributed by atoms with Crippen molar-refractivity contribution in [2.45, 2.75) is 76.7 Å². The number of H-pyrrole nitrogens is 1. The topological polar surface area (TPSA) is 107 Å². The summed E-state index contributed by atoms with van der Waals surface area (Å²) in [4.78, 5) is 27.6. The molecule has 2 aliphatic heterocycles. The van der Waals surface area contributed by atoms with Crippen molar-refractivity contribution in [3.05, 3.63) is 101 Å². The van der Waals surface area contributed by atoms with Gasteiger partial charge in [-0.15, -0.1) is 0 Å². The Morgan fingerprint density at radius 2 is 1.82 bits per heavy atom. The first kappa shape index (κ1) is 41.5. The van der Waals surface area contributed by atoms with Crippen LogP contribution in [0.2, 0.25) is 5.02 Å². The van der Waals surface area contributed by atoms with Crippen molar-refractivity contribution < 1.29 is 14.3 Å². The van der Waals surface area contributed by atoms with Crippen LogP contribution >= 0.6 is 23.5 Å². The molecular weight excluding hydrogens is 802 g/mol. The van der Waals surface area contributed by atoms with E-state index >= 15 is 0 Å². The third-order valence-corrected chi connectivity index (χ3v) is 14.3. The fourth-order valence-corrected chi connectivity index (χ4v) is 10.4. The van der Waals surface area contributed by atoms with Gasteiger partial charge >= 0.3 is 0 Å². The van der Waals surface area contributed by atoms with Gasteiger partial charge in [-0.25, -0.2) is 4.98 Å². The average molecular weight is 861 g/mol. The maximum absolute atomic E-state index is 14.1. The van der Waals surface area contributed by atoms with E-state index in [0.29, 0.717) is 35.6 Å². The van der Waals surface area contributed by atoms with Gasteiger partial charge < -0.3 is 30.0 Å². The summed E-state index contributed by atoms with van der Waals surface area (Å²) >= 11 is 7.55. The van der Waals surface area contributed by atoms with Crippen LogP contribution in [-0.2, 0) is 0 Å². The zero-order valence-corrected chi connectivity index (χ0v) is 37.4. The molecule has 1 saturated carbocycles. The van der Waals surface area contributed by atoms with E-state index in [1.54, 1.807) is 11.8 Å². The van der Waals surface area contributed by atoms with E-state index in [1.807, 2.05) is 61.8 Å². The van der Waals surface area contributed by atoms with Crippen molar-refractivity contribution in [3.8, 4) is 17.2 Å². The van der Waals surface area contributed by atoms with Crippen LogP contribution in [0, 0.1) is 17.3 Å². The van der Waals surface area contributed by atoms with E-state index in [2.05, 4.69) is 74.1 Å². The lowest BCUT2D eigenvalue weighted by Crippen LogP contribution is -2.47. The molecule has 12 heteroatoms. The molecule has 0 spiro atoms. The lowest BCUT2D eigenvalue weighted by atomic mass is 9.72. The van der Waals surface area contributed by atoms with E-state index in [9.17, 15) is 4.79 Å². The minimum atomic E-state index is -0.248. The van der Waals surface area contributed by atoms with Crippen LogP contribution in [-0.4, -0.2) is 73.2 Å². The first-order valence-electron chi connectivity index (χ1n) is 22.0. The molecular formula is C49H58ClN7O3S. The summed E-state index contributed by atoms with van der Waals surface area (Å²) in [6.45, 7) is 12.4. The van der Waals surface area contributed by atoms with Crippen molar-refractivity contribution in [2.24, 2.45) is 17.3 Å². The Hall–Kier alpha value is -4.84. The monoisotopic (exact) mass is 859 g/mol. The number of nitrogens with zero attached hydrogens (tertiary/aromatic N) is 3. The first-order valence-corrected chi connectivity index (χ1v) is 23.2. The number of anilines is 3. The summed E-state index contributed by atoms with van der Waals surface area (Å²) in [5.41, 5.74) is 8.79. The lowest BCUT2D eigenvalue weighted by molar-refractivity contribution is 0.0982. The molecule has 1 saturated heterocycles. The minimum absolute atomic E-state index is 0.248. The average Bonchev–Trinajstić information content (AvgIpc) is 3.75. The Morgan fingerprint density at radius 3 is 2.61 bits per heavy atom. The summed E-state index contributed by atoms with van der Waals surface area (Å²) in [7, 11) is 1.93. The maximum atomic E-state index is 14.1. The van der Waals surface area contributed by atoms with Gasteiger partial charge in [0.05, 0.1) is 23.5 Å². The quantitative estimate of drug-likeness (QED) is 0.0966. The molecule has 3 aromatic carbocycles. The number of rotatable bonds is 11. The molecule has 1 atom stereocenters. The number of aromatic amines is 1. The fourth-order valence-electron chi connectivity index (χ4n) is 9.60. The van der Waals surface area contributed by atoms with Crippen molar-refractivity contribution in [3.63, 3.8) is 0 Å². The number of allylic oxidation sites excluding steroid dienone is 1. The molecule has 61 heavy (non-hydrogen) atoms. The van der Waals surface area contributed by atoms with Gasteiger partial charge in [0.2, 0.25) is 0 Å². The molecule has 0 bridgehead atoms. The smallest absolute Gasteiger partial charge is 0.265 e. The van der Waals surface area contributed by atoms with Crippen LogP contribution in [0.3, 0.4) is 0 Å². The second-order valence-electron chi connectivity index (χ2n) is 18.3. The number of piperazine rings is 1. The molecule has 1 amide bonds. The standard InChI is InChI=1S/C49H58ClN7O3S/c1-31-5-7-33(8-6-31)43-30-59-45-26-39(25-42(51-4)46(45)54-43)61-55-48(58)40-14-13-37(24-44(40)60-38-23-34-16-18-52-47(34)53-28-38)57-21-19-56(20-22-57)29-35-15-17-49(2,3)27-41(35)32-9-11-36(50)12-10-32/h9-14,16,18,23-26,28,31,33,43,51,54H,5-8,15,17,19-22,27,29-30H2,1-4H3,(H,52,53)(H,55,58)/t31?,33?,43-/m1/s1. The largest absolute Gasteiger partial charge is 0.489 e. The van der Waals surface area contributed by atoms with Gasteiger partial charge in [0.15, 0.2) is 0 Å². The SMILES string of the molecule is CNc1cc(SNC(=O)c2ccc(N3CCN(CC4=C(c5ccc(Cl)cc5)CC(C)(C)CC4)CC3)cc2Oc2cnc3[nH]ccc3c2)cc2c1N[C@@H](C1CCC(C)CC1)CO2. The maximum Gasteiger partial charge on any atom is 0.265 e. The zero-order valence-electron chi connectivity index (χ0n) is 35.8. The molecule has 0 radical (unpaired) electrons. The summed E-state index contributed by atoms with van der Waals surface area (Å²) < 4.78 is 16.0. The molecule has 5 aromatic rings. The van der Waals surface area contributed by atoms with Gasteiger partial charge in [0, 0.05) is 73.0 Å². The fraction of sp³-hybridized carbons (Fsp3) is 0.429. The lowest BCUT2D eigenvalue weighted by Gasteiger charge is -2.39. The van der Waals surface area contributed by atoms with Crippen molar-refractivity contribution in [2.75, 3.05) is 61.9 Å². The van der Waals surface area contributed by atoms with Gasteiger partial charge in [0.25, 0.3) is 5.91 Å². The number of aromatic nitrogens is 2. The molecule has 9 rings (SSSR count). The highest BCUT2D eigenvalue weighted by Gasteiger charge is 2.32. The van der Waals surface area contributed by atoms with Crippen molar-refractivity contribution in [1.82, 2.24) is 19.6 Å². The second-order valence-corrected chi connectivity index (χ2v) is 19.6. The van der Waals surface area contributed by atoms with Crippen molar-refractivity contribution >= 4 is 63.1 Å². The highest BCUT2D eigenvalue weighted by molar-refractivity contribution is 7.98. The number of ether oxygens (including phenoxy) is 2.